The lowest BCUT2D eigenvalue weighted by atomic mass is 9.84. The van der Waals surface area contributed by atoms with Gasteiger partial charge in [0.05, 0.1) is 0 Å². The average Bonchev–Trinajstić information content (AvgIpc) is 3.16. The Labute approximate surface area is 134 Å². The summed E-state index contributed by atoms with van der Waals surface area (Å²) in [5, 5.41) is 2.93. The minimum atomic E-state index is -0.783. The Bertz CT molecular complexity index is 654. The molecule has 23 heavy (non-hydrogen) atoms. The first kappa shape index (κ1) is 15.8. The summed E-state index contributed by atoms with van der Waals surface area (Å²) in [6.07, 6.45) is 6.50. The SMILES string of the molecule is C[C@@H](NC(=O)COC(=O)c1ccc[nH]c1=O)[C@H]1C[C@H]2CC[C@H]1C2. The molecule has 0 saturated heterocycles. The van der Waals surface area contributed by atoms with Crippen LogP contribution in [0.3, 0.4) is 0 Å². The maximum atomic E-state index is 12.0. The van der Waals surface area contributed by atoms with E-state index in [4.69, 9.17) is 4.74 Å². The number of carbonyl (C=O) groups is 2. The van der Waals surface area contributed by atoms with E-state index in [1.165, 1.54) is 44.0 Å². The van der Waals surface area contributed by atoms with Crippen molar-refractivity contribution < 1.29 is 14.3 Å². The number of ether oxygens (including phenoxy) is 1. The second-order valence-corrected chi connectivity index (χ2v) is 6.68. The Balaban J connectivity index is 1.47. The van der Waals surface area contributed by atoms with E-state index in [1.807, 2.05) is 6.92 Å². The first-order valence-electron chi connectivity index (χ1n) is 8.18. The van der Waals surface area contributed by atoms with Gasteiger partial charge in [-0.2, -0.15) is 0 Å². The first-order valence-corrected chi connectivity index (χ1v) is 8.18. The zero-order chi connectivity index (χ0) is 16.4. The number of hydrogen-bond donors (Lipinski definition) is 2. The highest BCUT2D eigenvalue weighted by Crippen LogP contribution is 2.49. The highest BCUT2D eigenvalue weighted by molar-refractivity contribution is 5.90. The Morgan fingerprint density at radius 3 is 2.87 bits per heavy atom. The Morgan fingerprint density at radius 2 is 2.22 bits per heavy atom. The summed E-state index contributed by atoms with van der Waals surface area (Å²) in [4.78, 5) is 37.6. The number of fused-ring (bicyclic) bond motifs is 2. The molecule has 1 aromatic rings. The number of pyridine rings is 1. The smallest absolute Gasteiger partial charge is 0.344 e. The molecule has 2 fully saturated rings. The summed E-state index contributed by atoms with van der Waals surface area (Å²) in [6.45, 7) is 1.66. The lowest BCUT2D eigenvalue weighted by Gasteiger charge is -2.28. The van der Waals surface area contributed by atoms with Gasteiger partial charge < -0.3 is 15.0 Å². The summed E-state index contributed by atoms with van der Waals surface area (Å²) in [5.74, 6) is 0.980. The minimum Gasteiger partial charge on any atom is -0.452 e. The number of aromatic amines is 1. The van der Waals surface area contributed by atoms with Crippen LogP contribution in [0.2, 0.25) is 0 Å². The van der Waals surface area contributed by atoms with Gasteiger partial charge in [-0.05, 0) is 56.1 Å². The quantitative estimate of drug-likeness (QED) is 0.805. The van der Waals surface area contributed by atoms with Gasteiger partial charge in [0.15, 0.2) is 6.61 Å². The third kappa shape index (κ3) is 3.46. The second kappa shape index (κ2) is 6.56. The largest absolute Gasteiger partial charge is 0.452 e. The second-order valence-electron chi connectivity index (χ2n) is 6.68. The van der Waals surface area contributed by atoms with E-state index in [-0.39, 0.29) is 24.1 Å². The van der Waals surface area contributed by atoms with Crippen molar-refractivity contribution >= 4 is 11.9 Å². The van der Waals surface area contributed by atoms with Crippen LogP contribution in [0.25, 0.3) is 0 Å². The van der Waals surface area contributed by atoms with E-state index in [2.05, 4.69) is 10.3 Å². The van der Waals surface area contributed by atoms with Crippen molar-refractivity contribution in [3.05, 3.63) is 34.2 Å². The van der Waals surface area contributed by atoms with Crippen LogP contribution in [0.4, 0.5) is 0 Å². The van der Waals surface area contributed by atoms with Crippen molar-refractivity contribution in [3.8, 4) is 0 Å². The molecule has 6 heteroatoms. The average molecular weight is 318 g/mol. The summed E-state index contributed by atoms with van der Waals surface area (Å²) in [5.41, 5.74) is -0.616. The number of hydrogen-bond acceptors (Lipinski definition) is 4. The molecule has 1 heterocycles. The van der Waals surface area contributed by atoms with Gasteiger partial charge in [0, 0.05) is 12.2 Å². The zero-order valence-corrected chi connectivity index (χ0v) is 13.2. The zero-order valence-electron chi connectivity index (χ0n) is 13.2. The molecule has 1 aromatic heterocycles. The molecule has 2 N–H and O–H groups in total. The van der Waals surface area contributed by atoms with Crippen molar-refractivity contribution in [2.24, 2.45) is 17.8 Å². The van der Waals surface area contributed by atoms with Gasteiger partial charge in [-0.15, -0.1) is 0 Å². The number of carbonyl (C=O) groups excluding carboxylic acids is 2. The molecule has 1 amide bonds. The van der Waals surface area contributed by atoms with Crippen LogP contribution in [0.5, 0.6) is 0 Å². The number of nitrogens with one attached hydrogen (secondary N) is 2. The molecule has 4 atom stereocenters. The standard InChI is InChI=1S/C17H22N2O4/c1-10(14-8-11-4-5-12(14)7-11)19-15(20)9-23-17(22)13-3-2-6-18-16(13)21/h2-3,6,10-12,14H,4-5,7-9H2,1H3,(H,18,21)(H,19,20)/t10-,11+,12+,14-/m1/s1. The summed E-state index contributed by atoms with van der Waals surface area (Å²) in [6, 6.07) is 3.00. The van der Waals surface area contributed by atoms with Gasteiger partial charge in [0.1, 0.15) is 5.56 Å². The van der Waals surface area contributed by atoms with E-state index in [0.717, 1.165) is 11.8 Å². The molecule has 3 rings (SSSR count). The minimum absolute atomic E-state index is 0.0941. The van der Waals surface area contributed by atoms with Crippen LogP contribution >= 0.6 is 0 Å². The van der Waals surface area contributed by atoms with Crippen molar-refractivity contribution in [2.75, 3.05) is 6.61 Å². The van der Waals surface area contributed by atoms with Crippen molar-refractivity contribution in [1.29, 1.82) is 0 Å². The highest BCUT2D eigenvalue weighted by atomic mass is 16.5. The fraction of sp³-hybridized carbons (Fsp3) is 0.588. The third-order valence-electron chi connectivity index (χ3n) is 5.20. The normalized spacial score (nSPS) is 26.7. The molecule has 0 aliphatic heterocycles. The van der Waals surface area contributed by atoms with Crippen LogP contribution in [-0.4, -0.2) is 29.5 Å². The van der Waals surface area contributed by atoms with Crippen molar-refractivity contribution in [3.63, 3.8) is 0 Å². The van der Waals surface area contributed by atoms with Crippen LogP contribution in [0, 0.1) is 17.8 Å². The highest BCUT2D eigenvalue weighted by Gasteiger charge is 2.42. The molecule has 0 spiro atoms. The monoisotopic (exact) mass is 318 g/mol. The predicted molar refractivity (Wildman–Crippen MR) is 83.9 cm³/mol. The third-order valence-corrected chi connectivity index (χ3v) is 5.20. The van der Waals surface area contributed by atoms with Crippen LogP contribution < -0.4 is 10.9 Å². The topological polar surface area (TPSA) is 88.3 Å². The number of H-pyrrole nitrogens is 1. The molecular formula is C17H22N2O4. The number of rotatable bonds is 5. The first-order chi connectivity index (χ1) is 11.0. The van der Waals surface area contributed by atoms with E-state index < -0.39 is 11.5 Å². The molecule has 0 unspecified atom stereocenters. The van der Waals surface area contributed by atoms with Crippen LogP contribution in [0.15, 0.2) is 23.1 Å². The van der Waals surface area contributed by atoms with E-state index >= 15 is 0 Å². The molecule has 0 radical (unpaired) electrons. The lowest BCUT2D eigenvalue weighted by Crippen LogP contribution is -2.42. The van der Waals surface area contributed by atoms with Crippen molar-refractivity contribution in [1.82, 2.24) is 10.3 Å². The van der Waals surface area contributed by atoms with Gasteiger partial charge >= 0.3 is 5.97 Å². The van der Waals surface area contributed by atoms with Gasteiger partial charge in [-0.25, -0.2) is 4.79 Å². The van der Waals surface area contributed by atoms with E-state index in [9.17, 15) is 14.4 Å². The lowest BCUT2D eigenvalue weighted by molar-refractivity contribution is -0.125. The molecular weight excluding hydrogens is 296 g/mol. The van der Waals surface area contributed by atoms with Gasteiger partial charge in [-0.3, -0.25) is 9.59 Å². The van der Waals surface area contributed by atoms with Crippen LogP contribution in [-0.2, 0) is 9.53 Å². The van der Waals surface area contributed by atoms with E-state index in [0.29, 0.717) is 5.92 Å². The summed E-state index contributed by atoms with van der Waals surface area (Å²) >= 11 is 0. The van der Waals surface area contributed by atoms with Gasteiger partial charge in [0.25, 0.3) is 11.5 Å². The summed E-state index contributed by atoms with van der Waals surface area (Å²) < 4.78 is 4.93. The predicted octanol–water partition coefficient (Wildman–Crippen LogP) is 1.47. The Hall–Kier alpha value is -2.11. The number of amides is 1. The molecule has 2 saturated carbocycles. The Morgan fingerprint density at radius 1 is 1.39 bits per heavy atom. The molecule has 124 valence electrons. The van der Waals surface area contributed by atoms with E-state index in [1.54, 1.807) is 0 Å². The van der Waals surface area contributed by atoms with Crippen LogP contribution in [0.1, 0.15) is 43.0 Å². The number of aromatic nitrogens is 1. The molecule has 0 aromatic carbocycles. The van der Waals surface area contributed by atoms with Crippen molar-refractivity contribution in [2.45, 2.75) is 38.6 Å². The molecule has 2 aliphatic carbocycles. The van der Waals surface area contributed by atoms with Gasteiger partial charge in [-0.1, -0.05) is 6.42 Å². The fourth-order valence-corrected chi connectivity index (χ4v) is 4.10. The maximum absolute atomic E-state index is 12.0. The molecule has 2 aliphatic rings. The van der Waals surface area contributed by atoms with Gasteiger partial charge in [0.2, 0.25) is 0 Å². The summed E-state index contributed by atoms with van der Waals surface area (Å²) in [7, 11) is 0. The molecule has 6 nitrogen and oxygen atoms in total. The molecule has 2 bridgehead atoms. The Kier molecular flexibility index (Phi) is 4.50. The number of esters is 1. The fourth-order valence-electron chi connectivity index (χ4n) is 4.10. The maximum Gasteiger partial charge on any atom is 0.344 e.